The van der Waals surface area contributed by atoms with E-state index in [0.29, 0.717) is 30.2 Å². The number of hydrogen-bond donors (Lipinski definition) is 1. The molecule has 2 aromatic rings. The number of anilines is 1. The van der Waals surface area contributed by atoms with Crippen molar-refractivity contribution in [3.05, 3.63) is 48.0 Å². The van der Waals surface area contributed by atoms with Crippen LogP contribution in [-0.4, -0.2) is 35.1 Å². The lowest BCUT2D eigenvalue weighted by molar-refractivity contribution is -0.117. The molecule has 0 bridgehead atoms. The summed E-state index contributed by atoms with van der Waals surface area (Å²) >= 11 is 0. The average molecular weight is 404 g/mol. The van der Waals surface area contributed by atoms with Crippen LogP contribution in [0.15, 0.2) is 47.4 Å². The molecule has 1 amide bonds. The van der Waals surface area contributed by atoms with E-state index in [9.17, 15) is 13.2 Å². The average Bonchev–Trinajstić information content (AvgIpc) is 3.12. The molecule has 1 aliphatic rings. The Balaban J connectivity index is 1.87. The topological polar surface area (TPSA) is 84.9 Å². The highest BCUT2D eigenvalue weighted by atomic mass is 32.2. The maximum atomic E-state index is 12.9. The summed E-state index contributed by atoms with van der Waals surface area (Å²) in [6.07, 6.45) is 1.19. The zero-order valence-corrected chi connectivity index (χ0v) is 17.0. The van der Waals surface area contributed by atoms with Gasteiger partial charge in [-0.25, -0.2) is 13.1 Å². The van der Waals surface area contributed by atoms with Crippen LogP contribution in [0.1, 0.15) is 31.4 Å². The summed E-state index contributed by atoms with van der Waals surface area (Å²) in [7, 11) is -0.718. The van der Waals surface area contributed by atoms with Crippen molar-refractivity contribution in [2.24, 2.45) is 0 Å². The normalized spacial score (nSPS) is 15.5. The van der Waals surface area contributed by atoms with E-state index in [4.69, 9.17) is 9.47 Å². The Bertz CT molecular complexity index is 957. The first-order chi connectivity index (χ1) is 13.4. The molecule has 1 fully saturated rings. The molecule has 1 saturated heterocycles. The molecule has 1 atom stereocenters. The molecule has 0 radical (unpaired) electrons. The smallest absolute Gasteiger partial charge is 0.241 e. The van der Waals surface area contributed by atoms with Gasteiger partial charge in [0.1, 0.15) is 11.5 Å². The van der Waals surface area contributed by atoms with Gasteiger partial charge in [-0.15, -0.1) is 0 Å². The van der Waals surface area contributed by atoms with Crippen LogP contribution in [0.4, 0.5) is 5.69 Å². The lowest BCUT2D eigenvalue weighted by Crippen LogP contribution is -2.28. The first-order valence-corrected chi connectivity index (χ1v) is 10.5. The van der Waals surface area contributed by atoms with Gasteiger partial charge in [0.05, 0.1) is 24.8 Å². The van der Waals surface area contributed by atoms with Crippen molar-refractivity contribution < 1.29 is 22.7 Å². The van der Waals surface area contributed by atoms with Gasteiger partial charge in [-0.2, -0.15) is 0 Å². The number of benzene rings is 2. The highest BCUT2D eigenvalue weighted by Gasteiger charge is 2.27. The van der Waals surface area contributed by atoms with Gasteiger partial charge >= 0.3 is 0 Å². The molecule has 1 aliphatic heterocycles. The van der Waals surface area contributed by atoms with E-state index in [1.807, 2.05) is 12.1 Å². The Hall–Kier alpha value is -2.58. The third-order valence-electron chi connectivity index (χ3n) is 4.77. The number of carbonyl (C=O) groups excluding carboxylic acids is 1. The van der Waals surface area contributed by atoms with Crippen LogP contribution < -0.4 is 19.1 Å². The van der Waals surface area contributed by atoms with Gasteiger partial charge in [0, 0.05) is 19.0 Å². The largest absolute Gasteiger partial charge is 0.497 e. The molecule has 7 nitrogen and oxygen atoms in total. The zero-order valence-electron chi connectivity index (χ0n) is 16.1. The Morgan fingerprint density at radius 2 is 1.79 bits per heavy atom. The minimum absolute atomic E-state index is 0.0348. The van der Waals surface area contributed by atoms with E-state index in [1.165, 1.54) is 19.2 Å². The van der Waals surface area contributed by atoms with Crippen LogP contribution in [0.25, 0.3) is 0 Å². The number of rotatable bonds is 7. The molecule has 2 aromatic carbocycles. The third-order valence-corrected chi connectivity index (χ3v) is 6.31. The number of carbonyl (C=O) groups is 1. The quantitative estimate of drug-likeness (QED) is 0.767. The second-order valence-corrected chi connectivity index (χ2v) is 8.31. The number of sulfonamides is 1. The molecule has 28 heavy (non-hydrogen) atoms. The van der Waals surface area contributed by atoms with Crippen LogP contribution in [0.2, 0.25) is 0 Å². The maximum absolute atomic E-state index is 12.9. The lowest BCUT2D eigenvalue weighted by atomic mass is 10.1. The first-order valence-electron chi connectivity index (χ1n) is 9.00. The molecule has 0 saturated carbocycles. The lowest BCUT2D eigenvalue weighted by Gasteiger charge is -2.21. The Labute approximate surface area is 165 Å². The van der Waals surface area contributed by atoms with E-state index in [2.05, 4.69) is 4.72 Å². The minimum Gasteiger partial charge on any atom is -0.497 e. The summed E-state index contributed by atoms with van der Waals surface area (Å²) in [4.78, 5) is 13.8. The monoisotopic (exact) mass is 404 g/mol. The predicted molar refractivity (Wildman–Crippen MR) is 106 cm³/mol. The standard InChI is InChI=1S/C20H24N2O5S/c1-14(15-6-8-16(26-2)9-7-15)21-28(24,25)17-10-11-19(27-3)18(13-17)22-12-4-5-20(22)23/h6-11,13-14,21H,4-5,12H2,1-3H3. The molecule has 3 rings (SSSR count). The van der Waals surface area contributed by atoms with Gasteiger partial charge in [-0.05, 0) is 49.2 Å². The van der Waals surface area contributed by atoms with Gasteiger partial charge in [-0.3, -0.25) is 4.79 Å². The summed E-state index contributed by atoms with van der Waals surface area (Å²) in [5, 5.41) is 0. The van der Waals surface area contributed by atoms with Crippen molar-refractivity contribution in [3.8, 4) is 11.5 Å². The fraction of sp³-hybridized carbons (Fsp3) is 0.350. The van der Waals surface area contributed by atoms with Crippen molar-refractivity contribution in [1.82, 2.24) is 4.72 Å². The third kappa shape index (κ3) is 4.13. The van der Waals surface area contributed by atoms with Gasteiger partial charge < -0.3 is 14.4 Å². The van der Waals surface area contributed by atoms with Crippen LogP contribution in [-0.2, 0) is 14.8 Å². The number of hydrogen-bond acceptors (Lipinski definition) is 5. The van der Waals surface area contributed by atoms with Crippen LogP contribution >= 0.6 is 0 Å². The second-order valence-electron chi connectivity index (χ2n) is 6.60. The van der Waals surface area contributed by atoms with Crippen molar-refractivity contribution >= 4 is 21.6 Å². The van der Waals surface area contributed by atoms with Crippen molar-refractivity contribution in [1.29, 1.82) is 0 Å². The molecule has 1 N–H and O–H groups in total. The number of methoxy groups -OCH3 is 2. The molecule has 1 heterocycles. The van der Waals surface area contributed by atoms with E-state index < -0.39 is 16.1 Å². The van der Waals surface area contributed by atoms with Crippen molar-refractivity contribution in [2.75, 3.05) is 25.7 Å². The number of nitrogens with zero attached hydrogens (tertiary/aromatic N) is 1. The van der Waals surface area contributed by atoms with Crippen molar-refractivity contribution in [2.45, 2.75) is 30.7 Å². The maximum Gasteiger partial charge on any atom is 0.241 e. The van der Waals surface area contributed by atoms with E-state index in [0.717, 1.165) is 12.0 Å². The molecule has 0 spiro atoms. The fourth-order valence-corrected chi connectivity index (χ4v) is 4.46. The van der Waals surface area contributed by atoms with Gasteiger partial charge in [0.2, 0.25) is 15.9 Å². The second kappa shape index (κ2) is 8.20. The molecular formula is C20H24N2O5S. The zero-order chi connectivity index (χ0) is 20.3. The van der Waals surface area contributed by atoms with Crippen LogP contribution in [0.3, 0.4) is 0 Å². The number of ether oxygens (including phenoxy) is 2. The van der Waals surface area contributed by atoms with E-state index in [1.54, 1.807) is 37.1 Å². The molecule has 1 unspecified atom stereocenters. The molecule has 0 aromatic heterocycles. The molecule has 0 aliphatic carbocycles. The molecule has 8 heteroatoms. The SMILES string of the molecule is COc1ccc(C(C)NS(=O)(=O)c2ccc(OC)c(N3CCCC3=O)c2)cc1. The minimum atomic E-state index is -3.79. The fourth-order valence-electron chi connectivity index (χ4n) is 3.21. The summed E-state index contributed by atoms with van der Waals surface area (Å²) < 4.78 is 38.9. The van der Waals surface area contributed by atoms with Crippen molar-refractivity contribution in [3.63, 3.8) is 0 Å². The van der Waals surface area contributed by atoms with E-state index >= 15 is 0 Å². The van der Waals surface area contributed by atoms with E-state index in [-0.39, 0.29) is 10.8 Å². The Morgan fingerprint density at radius 3 is 2.36 bits per heavy atom. The molecule has 150 valence electrons. The summed E-state index contributed by atoms with van der Waals surface area (Å²) in [5.41, 5.74) is 1.29. The Kier molecular flexibility index (Phi) is 5.90. The summed E-state index contributed by atoms with van der Waals surface area (Å²) in [6.45, 7) is 2.32. The van der Waals surface area contributed by atoms with Gasteiger partial charge in [0.25, 0.3) is 0 Å². The number of nitrogens with one attached hydrogen (secondary N) is 1. The van der Waals surface area contributed by atoms with Gasteiger partial charge in [0.15, 0.2) is 0 Å². The van der Waals surface area contributed by atoms with Gasteiger partial charge in [-0.1, -0.05) is 12.1 Å². The van der Waals surface area contributed by atoms with Crippen LogP contribution in [0.5, 0.6) is 11.5 Å². The first kappa shape index (κ1) is 20.2. The highest BCUT2D eigenvalue weighted by molar-refractivity contribution is 7.89. The summed E-state index contributed by atoms with van der Waals surface area (Å²) in [6, 6.07) is 11.3. The van der Waals surface area contributed by atoms with Crippen LogP contribution in [0, 0.1) is 0 Å². The highest BCUT2D eigenvalue weighted by Crippen LogP contribution is 2.34. The molecular weight excluding hydrogens is 380 g/mol. The Morgan fingerprint density at radius 1 is 1.07 bits per heavy atom. The summed E-state index contributed by atoms with van der Waals surface area (Å²) in [5.74, 6) is 1.14. The number of amides is 1. The predicted octanol–water partition coefficient (Wildman–Crippen LogP) is 2.87.